The maximum Gasteiger partial charge on any atom is 0.0847 e. The van der Waals surface area contributed by atoms with Crippen LogP contribution in [0.3, 0.4) is 0 Å². The summed E-state index contributed by atoms with van der Waals surface area (Å²) in [6, 6.07) is 0.707. The van der Waals surface area contributed by atoms with Crippen LogP contribution in [0.2, 0.25) is 5.02 Å². The largest absolute Gasteiger partial charge is 0.314 e. The number of rotatable bonds is 4. The molecule has 1 aliphatic rings. The summed E-state index contributed by atoms with van der Waals surface area (Å²) in [4.78, 5) is 0. The second-order valence-corrected chi connectivity index (χ2v) is 5.49. The summed E-state index contributed by atoms with van der Waals surface area (Å²) in [7, 11) is 1.99. The van der Waals surface area contributed by atoms with Crippen molar-refractivity contribution in [2.45, 2.75) is 45.6 Å². The van der Waals surface area contributed by atoms with Crippen LogP contribution in [0.4, 0.5) is 0 Å². The van der Waals surface area contributed by atoms with Crippen molar-refractivity contribution >= 4 is 11.6 Å². The van der Waals surface area contributed by atoms with Crippen molar-refractivity contribution in [1.29, 1.82) is 0 Å². The Labute approximate surface area is 109 Å². The summed E-state index contributed by atoms with van der Waals surface area (Å²) in [6.45, 7) is 5.22. The van der Waals surface area contributed by atoms with Gasteiger partial charge in [-0.3, -0.25) is 4.68 Å². The predicted octanol–water partition coefficient (Wildman–Crippen LogP) is 2.70. The van der Waals surface area contributed by atoms with E-state index in [4.69, 9.17) is 11.6 Å². The van der Waals surface area contributed by atoms with Gasteiger partial charge in [-0.2, -0.15) is 5.10 Å². The van der Waals surface area contributed by atoms with Crippen LogP contribution in [0, 0.1) is 12.8 Å². The van der Waals surface area contributed by atoms with Crippen molar-refractivity contribution < 1.29 is 0 Å². The summed E-state index contributed by atoms with van der Waals surface area (Å²) in [5, 5.41) is 8.78. The molecule has 0 aromatic carbocycles. The van der Waals surface area contributed by atoms with Gasteiger partial charge in [-0.1, -0.05) is 18.5 Å². The molecule has 4 heteroatoms. The molecule has 1 fully saturated rings. The average molecular weight is 256 g/mol. The minimum atomic E-state index is 0.707. The van der Waals surface area contributed by atoms with Crippen LogP contribution < -0.4 is 5.32 Å². The Kier molecular flexibility index (Phi) is 4.10. The Balaban J connectivity index is 1.98. The van der Waals surface area contributed by atoms with Crippen molar-refractivity contribution in [2.75, 3.05) is 6.54 Å². The molecule has 0 amide bonds. The first kappa shape index (κ1) is 12.9. The number of nitrogens with one attached hydrogen (secondary N) is 1. The molecule has 0 spiro atoms. The Morgan fingerprint density at radius 1 is 1.47 bits per heavy atom. The normalized spacial score (nSPS) is 24.5. The van der Waals surface area contributed by atoms with E-state index in [1.165, 1.54) is 25.0 Å². The third kappa shape index (κ3) is 2.83. The highest BCUT2D eigenvalue weighted by molar-refractivity contribution is 6.31. The van der Waals surface area contributed by atoms with E-state index in [9.17, 15) is 0 Å². The fraction of sp³-hybridized carbons (Fsp3) is 0.769. The summed E-state index contributed by atoms with van der Waals surface area (Å²) in [6.07, 6.45) is 4.94. The standard InChI is InChI=1S/C13H22ClN3/c1-4-15-11-6-5-10(7-11)8-12-13(14)9(2)16-17(12)3/h10-11,15H,4-8H2,1-3H3. The molecule has 0 radical (unpaired) electrons. The highest BCUT2D eigenvalue weighted by Crippen LogP contribution is 2.31. The highest BCUT2D eigenvalue weighted by Gasteiger charge is 2.26. The SMILES string of the molecule is CCNC1CCC(Cc2c(Cl)c(C)nn2C)C1. The van der Waals surface area contributed by atoms with E-state index in [-0.39, 0.29) is 0 Å². The second kappa shape index (κ2) is 5.40. The molecule has 1 aliphatic carbocycles. The van der Waals surface area contributed by atoms with E-state index in [0.717, 1.165) is 29.6 Å². The van der Waals surface area contributed by atoms with Gasteiger partial charge in [-0.05, 0) is 45.1 Å². The maximum absolute atomic E-state index is 6.29. The summed E-state index contributed by atoms with van der Waals surface area (Å²) in [5.74, 6) is 0.756. The summed E-state index contributed by atoms with van der Waals surface area (Å²) < 4.78 is 1.94. The number of hydrogen-bond acceptors (Lipinski definition) is 2. The summed E-state index contributed by atoms with van der Waals surface area (Å²) in [5.41, 5.74) is 2.15. The lowest BCUT2D eigenvalue weighted by Gasteiger charge is -2.12. The first-order chi connectivity index (χ1) is 8.11. The van der Waals surface area contributed by atoms with Crippen LogP contribution in [0.5, 0.6) is 0 Å². The van der Waals surface area contributed by atoms with Gasteiger partial charge in [0.25, 0.3) is 0 Å². The van der Waals surface area contributed by atoms with Gasteiger partial charge in [0.1, 0.15) is 0 Å². The van der Waals surface area contributed by atoms with Crippen molar-refractivity contribution in [3.05, 3.63) is 16.4 Å². The van der Waals surface area contributed by atoms with Gasteiger partial charge in [0.05, 0.1) is 16.4 Å². The van der Waals surface area contributed by atoms with Crippen molar-refractivity contribution in [3.8, 4) is 0 Å². The van der Waals surface area contributed by atoms with Crippen LogP contribution in [0.15, 0.2) is 0 Å². The monoisotopic (exact) mass is 255 g/mol. The van der Waals surface area contributed by atoms with Crippen LogP contribution in [0.1, 0.15) is 37.6 Å². The second-order valence-electron chi connectivity index (χ2n) is 5.11. The lowest BCUT2D eigenvalue weighted by atomic mass is 10.0. The number of halogens is 1. The third-order valence-corrected chi connectivity index (χ3v) is 4.27. The zero-order valence-corrected chi connectivity index (χ0v) is 11.7. The minimum absolute atomic E-state index is 0.707. The van der Waals surface area contributed by atoms with Crippen LogP contribution >= 0.6 is 11.6 Å². The van der Waals surface area contributed by atoms with E-state index in [0.29, 0.717) is 6.04 Å². The molecule has 1 heterocycles. The first-order valence-corrected chi connectivity index (χ1v) is 6.91. The van der Waals surface area contributed by atoms with E-state index in [1.54, 1.807) is 0 Å². The molecule has 1 saturated carbocycles. The van der Waals surface area contributed by atoms with Crippen molar-refractivity contribution in [1.82, 2.24) is 15.1 Å². The van der Waals surface area contributed by atoms with Crippen LogP contribution in [0.25, 0.3) is 0 Å². The predicted molar refractivity (Wildman–Crippen MR) is 71.5 cm³/mol. The molecule has 1 N–H and O–H groups in total. The molecule has 1 aromatic rings. The molecule has 0 bridgehead atoms. The van der Waals surface area contributed by atoms with E-state index < -0.39 is 0 Å². The molecule has 17 heavy (non-hydrogen) atoms. The number of hydrogen-bond donors (Lipinski definition) is 1. The first-order valence-electron chi connectivity index (χ1n) is 6.53. The van der Waals surface area contributed by atoms with Gasteiger partial charge in [0.15, 0.2) is 0 Å². The fourth-order valence-electron chi connectivity index (χ4n) is 2.91. The van der Waals surface area contributed by atoms with Gasteiger partial charge in [-0.15, -0.1) is 0 Å². The topological polar surface area (TPSA) is 29.9 Å². The Morgan fingerprint density at radius 3 is 2.82 bits per heavy atom. The van der Waals surface area contributed by atoms with E-state index in [1.807, 2.05) is 18.7 Å². The Hall–Kier alpha value is -0.540. The smallest absolute Gasteiger partial charge is 0.0847 e. The molecular weight excluding hydrogens is 234 g/mol. The quantitative estimate of drug-likeness (QED) is 0.897. The molecule has 96 valence electrons. The van der Waals surface area contributed by atoms with E-state index in [2.05, 4.69) is 17.3 Å². The van der Waals surface area contributed by atoms with Gasteiger partial charge >= 0.3 is 0 Å². The van der Waals surface area contributed by atoms with E-state index >= 15 is 0 Å². The summed E-state index contributed by atoms with van der Waals surface area (Å²) >= 11 is 6.29. The lowest BCUT2D eigenvalue weighted by molar-refractivity contribution is 0.482. The molecule has 1 aromatic heterocycles. The molecule has 2 rings (SSSR count). The average Bonchev–Trinajstić information content (AvgIpc) is 2.81. The molecule has 0 aliphatic heterocycles. The maximum atomic E-state index is 6.29. The van der Waals surface area contributed by atoms with Gasteiger partial charge in [0, 0.05) is 13.1 Å². The van der Waals surface area contributed by atoms with Crippen LogP contribution in [-0.2, 0) is 13.5 Å². The zero-order chi connectivity index (χ0) is 12.4. The third-order valence-electron chi connectivity index (χ3n) is 3.78. The number of nitrogens with zero attached hydrogens (tertiary/aromatic N) is 2. The Morgan fingerprint density at radius 2 is 2.24 bits per heavy atom. The van der Waals surface area contributed by atoms with Gasteiger partial charge in [-0.25, -0.2) is 0 Å². The zero-order valence-electron chi connectivity index (χ0n) is 11.0. The lowest BCUT2D eigenvalue weighted by Crippen LogP contribution is -2.26. The van der Waals surface area contributed by atoms with Gasteiger partial charge in [0.2, 0.25) is 0 Å². The Bertz CT molecular complexity index is 386. The molecule has 3 nitrogen and oxygen atoms in total. The van der Waals surface area contributed by atoms with Crippen molar-refractivity contribution in [2.24, 2.45) is 13.0 Å². The highest BCUT2D eigenvalue weighted by atomic mass is 35.5. The molecule has 0 saturated heterocycles. The molecule has 2 atom stereocenters. The van der Waals surface area contributed by atoms with Gasteiger partial charge < -0.3 is 5.32 Å². The molecule has 2 unspecified atom stereocenters. The number of aryl methyl sites for hydroxylation is 2. The minimum Gasteiger partial charge on any atom is -0.314 e. The van der Waals surface area contributed by atoms with Crippen molar-refractivity contribution in [3.63, 3.8) is 0 Å². The fourth-order valence-corrected chi connectivity index (χ4v) is 3.15. The number of aromatic nitrogens is 2. The molecular formula is C13H22ClN3. The van der Waals surface area contributed by atoms with Crippen LogP contribution in [-0.4, -0.2) is 22.4 Å².